The number of hydrogen-bond donors (Lipinski definition) is 0. The monoisotopic (exact) mass is 370 g/mol. The Balaban J connectivity index is 1.85. The van der Waals surface area contributed by atoms with Gasteiger partial charge in [0.2, 0.25) is 0 Å². The number of thiazole rings is 1. The number of halogens is 1. The van der Waals surface area contributed by atoms with E-state index in [1.165, 1.54) is 11.3 Å². The molecule has 2 heterocycles. The summed E-state index contributed by atoms with van der Waals surface area (Å²) in [5.41, 5.74) is 2.48. The summed E-state index contributed by atoms with van der Waals surface area (Å²) >= 11 is 7.63. The second-order valence-electron chi connectivity index (χ2n) is 6.16. The van der Waals surface area contributed by atoms with E-state index in [1.54, 1.807) is 6.07 Å². The van der Waals surface area contributed by atoms with Crippen molar-refractivity contribution in [3.8, 4) is 10.6 Å². The fourth-order valence-corrected chi connectivity index (χ4v) is 4.07. The van der Waals surface area contributed by atoms with Crippen molar-refractivity contribution in [3.63, 3.8) is 0 Å². The highest BCUT2D eigenvalue weighted by Gasteiger charge is 2.14. The second kappa shape index (κ2) is 6.26. The predicted octanol–water partition coefficient (Wildman–Crippen LogP) is 4.78. The molecule has 0 saturated carbocycles. The Morgan fingerprint density at radius 1 is 1.20 bits per heavy atom. The van der Waals surface area contributed by atoms with E-state index in [0.717, 1.165) is 22.2 Å². The van der Waals surface area contributed by atoms with Gasteiger partial charge in [0, 0.05) is 11.9 Å². The van der Waals surface area contributed by atoms with Gasteiger partial charge < -0.3 is 9.32 Å². The van der Waals surface area contributed by atoms with E-state index in [4.69, 9.17) is 16.0 Å². The number of benzene rings is 2. The molecular weight excluding hydrogens is 356 g/mol. The molecule has 126 valence electrons. The van der Waals surface area contributed by atoms with Gasteiger partial charge in [0.05, 0.1) is 15.3 Å². The van der Waals surface area contributed by atoms with E-state index in [0.29, 0.717) is 26.7 Å². The van der Waals surface area contributed by atoms with Crippen LogP contribution in [0.3, 0.4) is 0 Å². The molecule has 0 bridgehead atoms. The summed E-state index contributed by atoms with van der Waals surface area (Å²) in [6.07, 6.45) is 0. The zero-order valence-corrected chi connectivity index (χ0v) is 15.3. The molecule has 0 atom stereocenters. The first kappa shape index (κ1) is 16.3. The molecule has 0 amide bonds. The van der Waals surface area contributed by atoms with Crippen LogP contribution in [0.1, 0.15) is 5.56 Å². The van der Waals surface area contributed by atoms with Gasteiger partial charge in [-0.15, -0.1) is 11.3 Å². The van der Waals surface area contributed by atoms with Crippen LogP contribution in [0.5, 0.6) is 0 Å². The van der Waals surface area contributed by atoms with Crippen molar-refractivity contribution >= 4 is 44.1 Å². The summed E-state index contributed by atoms with van der Waals surface area (Å²) in [6.45, 7) is 0.789. The summed E-state index contributed by atoms with van der Waals surface area (Å²) in [5, 5.41) is 2.08. The molecule has 0 aliphatic carbocycles. The topological polar surface area (TPSA) is 46.3 Å². The average Bonchev–Trinajstić information content (AvgIpc) is 2.99. The predicted molar refractivity (Wildman–Crippen MR) is 103 cm³/mol. The third-order valence-electron chi connectivity index (χ3n) is 3.90. The summed E-state index contributed by atoms with van der Waals surface area (Å²) in [4.78, 5) is 19.1. The fourth-order valence-electron chi connectivity index (χ4n) is 2.80. The largest absolute Gasteiger partial charge is 0.422 e. The van der Waals surface area contributed by atoms with Crippen molar-refractivity contribution in [1.82, 2.24) is 9.88 Å². The lowest BCUT2D eigenvalue weighted by Gasteiger charge is -2.09. The van der Waals surface area contributed by atoms with Crippen LogP contribution in [-0.2, 0) is 6.54 Å². The molecule has 0 N–H and O–H groups in total. The number of aromatic nitrogens is 1. The van der Waals surface area contributed by atoms with E-state index >= 15 is 0 Å². The third-order valence-corrected chi connectivity index (χ3v) is 5.26. The Hall–Kier alpha value is -2.21. The second-order valence-corrected chi connectivity index (χ2v) is 7.60. The number of para-hydroxylation sites is 1. The van der Waals surface area contributed by atoms with Gasteiger partial charge in [0.15, 0.2) is 0 Å². The molecule has 4 aromatic rings. The Kier molecular flexibility index (Phi) is 4.07. The van der Waals surface area contributed by atoms with Gasteiger partial charge in [-0.05, 0) is 43.9 Å². The minimum Gasteiger partial charge on any atom is -0.422 e. The van der Waals surface area contributed by atoms with E-state index in [2.05, 4.69) is 9.88 Å². The summed E-state index contributed by atoms with van der Waals surface area (Å²) in [5.74, 6) is 0. The lowest BCUT2D eigenvalue weighted by atomic mass is 10.1. The van der Waals surface area contributed by atoms with Crippen LogP contribution < -0.4 is 5.63 Å². The highest BCUT2D eigenvalue weighted by molar-refractivity contribution is 7.21. The maximum absolute atomic E-state index is 12.5. The van der Waals surface area contributed by atoms with E-state index in [1.807, 2.05) is 50.5 Å². The van der Waals surface area contributed by atoms with E-state index in [-0.39, 0.29) is 5.63 Å². The lowest BCUT2D eigenvalue weighted by molar-refractivity contribution is 0.402. The number of fused-ring (bicyclic) bond motifs is 2. The van der Waals surface area contributed by atoms with Crippen molar-refractivity contribution in [1.29, 1.82) is 0 Å². The van der Waals surface area contributed by atoms with Crippen molar-refractivity contribution in [2.24, 2.45) is 0 Å². The molecular formula is C19H15ClN2O2S. The minimum absolute atomic E-state index is 0.385. The third kappa shape index (κ3) is 3.06. The molecule has 2 aromatic heterocycles. The molecule has 6 heteroatoms. The fraction of sp³-hybridized carbons (Fsp3) is 0.158. The minimum atomic E-state index is -0.385. The summed E-state index contributed by atoms with van der Waals surface area (Å²) in [7, 11) is 4.00. The maximum Gasteiger partial charge on any atom is 0.346 e. The first-order valence-electron chi connectivity index (χ1n) is 7.78. The number of hydrogen-bond acceptors (Lipinski definition) is 5. The molecule has 4 rings (SSSR count). The molecule has 0 fully saturated rings. The smallest absolute Gasteiger partial charge is 0.346 e. The molecule has 0 aliphatic rings. The Morgan fingerprint density at radius 2 is 2.04 bits per heavy atom. The Labute approximate surface area is 153 Å². The van der Waals surface area contributed by atoms with Crippen LogP contribution in [0.4, 0.5) is 0 Å². The molecule has 2 aromatic carbocycles. The van der Waals surface area contributed by atoms with Crippen molar-refractivity contribution < 1.29 is 4.42 Å². The zero-order valence-electron chi connectivity index (χ0n) is 13.7. The molecule has 4 nitrogen and oxygen atoms in total. The summed E-state index contributed by atoms with van der Waals surface area (Å²) < 4.78 is 6.50. The quantitative estimate of drug-likeness (QED) is 0.487. The van der Waals surface area contributed by atoms with Gasteiger partial charge in [0.1, 0.15) is 16.1 Å². The van der Waals surface area contributed by atoms with Crippen LogP contribution in [0.25, 0.3) is 31.8 Å². The average molecular weight is 371 g/mol. The van der Waals surface area contributed by atoms with Crippen molar-refractivity contribution in [2.75, 3.05) is 14.1 Å². The Bertz CT molecular complexity index is 1150. The SMILES string of the molecule is CN(C)Cc1ccc2cc(-c3nc4c(Cl)cccc4s3)c(=O)oc2c1. The normalized spacial score (nSPS) is 11.7. The van der Waals surface area contributed by atoms with Crippen LogP contribution in [0, 0.1) is 0 Å². The highest BCUT2D eigenvalue weighted by Crippen LogP contribution is 2.33. The summed E-state index contributed by atoms with van der Waals surface area (Å²) in [6, 6.07) is 13.4. The zero-order chi connectivity index (χ0) is 17.6. The maximum atomic E-state index is 12.5. The Morgan fingerprint density at radius 3 is 2.80 bits per heavy atom. The molecule has 0 radical (unpaired) electrons. The molecule has 0 spiro atoms. The van der Waals surface area contributed by atoms with E-state index < -0.39 is 0 Å². The van der Waals surface area contributed by atoms with Crippen molar-refractivity contribution in [2.45, 2.75) is 6.54 Å². The molecule has 0 saturated heterocycles. The van der Waals surface area contributed by atoms with Crippen LogP contribution in [0.15, 0.2) is 51.7 Å². The van der Waals surface area contributed by atoms with Gasteiger partial charge in [-0.1, -0.05) is 29.8 Å². The van der Waals surface area contributed by atoms with Gasteiger partial charge in [-0.3, -0.25) is 0 Å². The number of rotatable bonds is 3. The van der Waals surface area contributed by atoms with Crippen LogP contribution in [0.2, 0.25) is 5.02 Å². The standard InChI is InChI=1S/C19H15ClN2O2S/c1-22(2)10-11-6-7-12-9-13(19(23)24-15(12)8-11)18-21-17-14(20)4-3-5-16(17)25-18/h3-9H,10H2,1-2H3. The lowest BCUT2D eigenvalue weighted by Crippen LogP contribution is -2.10. The first-order chi connectivity index (χ1) is 12.0. The van der Waals surface area contributed by atoms with Gasteiger partial charge in [0.25, 0.3) is 0 Å². The van der Waals surface area contributed by atoms with Gasteiger partial charge >= 0.3 is 5.63 Å². The first-order valence-corrected chi connectivity index (χ1v) is 8.97. The van der Waals surface area contributed by atoms with Gasteiger partial charge in [-0.25, -0.2) is 9.78 Å². The number of nitrogens with zero attached hydrogens (tertiary/aromatic N) is 2. The van der Waals surface area contributed by atoms with Gasteiger partial charge in [-0.2, -0.15) is 0 Å². The van der Waals surface area contributed by atoms with Crippen LogP contribution >= 0.6 is 22.9 Å². The van der Waals surface area contributed by atoms with Crippen LogP contribution in [-0.4, -0.2) is 24.0 Å². The van der Waals surface area contributed by atoms with Crippen molar-refractivity contribution in [3.05, 3.63) is 63.5 Å². The van der Waals surface area contributed by atoms with E-state index in [9.17, 15) is 4.79 Å². The molecule has 0 unspecified atom stereocenters. The molecule has 0 aliphatic heterocycles. The highest BCUT2D eigenvalue weighted by atomic mass is 35.5. The molecule has 25 heavy (non-hydrogen) atoms.